The predicted molar refractivity (Wildman–Crippen MR) is 54.0 cm³/mol. The van der Waals surface area contributed by atoms with Gasteiger partial charge in [0.15, 0.2) is 0 Å². The van der Waals surface area contributed by atoms with Gasteiger partial charge < -0.3 is 5.73 Å². The highest BCUT2D eigenvalue weighted by Crippen LogP contribution is 2.34. The number of rotatable bonds is 3. The van der Waals surface area contributed by atoms with Crippen LogP contribution in [0.4, 0.5) is 0 Å². The van der Waals surface area contributed by atoms with Crippen molar-refractivity contribution < 1.29 is 0 Å². The monoisotopic (exact) mass is 169 g/mol. The van der Waals surface area contributed by atoms with Gasteiger partial charge in [0.25, 0.3) is 0 Å². The van der Waals surface area contributed by atoms with E-state index in [1.165, 1.54) is 32.1 Å². The van der Waals surface area contributed by atoms with Gasteiger partial charge in [0, 0.05) is 0 Å². The maximum atomic E-state index is 5.58. The van der Waals surface area contributed by atoms with E-state index in [0.717, 1.165) is 24.3 Å². The minimum absolute atomic E-state index is 0.880. The van der Waals surface area contributed by atoms with Crippen LogP contribution in [0.25, 0.3) is 0 Å². The highest BCUT2D eigenvalue weighted by atomic mass is 14.5. The van der Waals surface area contributed by atoms with E-state index in [2.05, 4.69) is 13.8 Å². The average Bonchev–Trinajstić information content (AvgIpc) is 2.05. The van der Waals surface area contributed by atoms with Crippen LogP contribution in [-0.2, 0) is 0 Å². The van der Waals surface area contributed by atoms with Crippen LogP contribution in [0, 0.1) is 17.8 Å². The fraction of sp³-hybridized carbons (Fsp3) is 1.00. The molecule has 1 aliphatic rings. The summed E-state index contributed by atoms with van der Waals surface area (Å²) in [4.78, 5) is 0. The Balaban J connectivity index is 2.30. The molecule has 1 aliphatic carbocycles. The van der Waals surface area contributed by atoms with Gasteiger partial charge in [-0.3, -0.25) is 0 Å². The third-order valence-electron chi connectivity index (χ3n) is 3.34. The summed E-state index contributed by atoms with van der Waals surface area (Å²) in [5, 5.41) is 0. The highest BCUT2D eigenvalue weighted by Gasteiger charge is 2.23. The van der Waals surface area contributed by atoms with Gasteiger partial charge in [0.05, 0.1) is 0 Å². The van der Waals surface area contributed by atoms with Crippen molar-refractivity contribution in [1.29, 1.82) is 0 Å². The molecule has 0 spiro atoms. The van der Waals surface area contributed by atoms with Gasteiger partial charge in [-0.25, -0.2) is 0 Å². The Hall–Kier alpha value is -0.0400. The van der Waals surface area contributed by atoms with Gasteiger partial charge in [-0.2, -0.15) is 0 Å². The van der Waals surface area contributed by atoms with Crippen LogP contribution in [0.1, 0.15) is 46.0 Å². The fourth-order valence-electron chi connectivity index (χ4n) is 2.44. The summed E-state index contributed by atoms with van der Waals surface area (Å²) in [6.45, 7) is 5.60. The Bertz CT molecular complexity index is 118. The average molecular weight is 169 g/mol. The normalized spacial score (nSPS) is 31.0. The van der Waals surface area contributed by atoms with Gasteiger partial charge in [0.2, 0.25) is 0 Å². The molecule has 2 atom stereocenters. The first-order valence-electron chi connectivity index (χ1n) is 5.44. The van der Waals surface area contributed by atoms with Crippen LogP contribution in [0.2, 0.25) is 0 Å². The van der Waals surface area contributed by atoms with Crippen molar-refractivity contribution in [3.8, 4) is 0 Å². The van der Waals surface area contributed by atoms with Crippen LogP contribution >= 0.6 is 0 Å². The van der Waals surface area contributed by atoms with Gasteiger partial charge in [0.1, 0.15) is 0 Å². The highest BCUT2D eigenvalue weighted by molar-refractivity contribution is 4.75. The zero-order valence-corrected chi connectivity index (χ0v) is 8.55. The largest absolute Gasteiger partial charge is 0.330 e. The molecule has 72 valence electrons. The summed E-state index contributed by atoms with van der Waals surface area (Å²) >= 11 is 0. The van der Waals surface area contributed by atoms with Gasteiger partial charge in [-0.15, -0.1) is 0 Å². The second-order valence-corrected chi connectivity index (χ2v) is 4.61. The maximum absolute atomic E-state index is 5.58. The number of nitrogens with two attached hydrogens (primary N) is 1. The molecule has 0 amide bonds. The molecule has 0 saturated heterocycles. The topological polar surface area (TPSA) is 26.0 Å². The molecule has 0 aromatic carbocycles. The Morgan fingerprint density at radius 1 is 1.33 bits per heavy atom. The third kappa shape index (κ3) is 2.78. The van der Waals surface area contributed by atoms with E-state index in [1.807, 2.05) is 0 Å². The summed E-state index contributed by atoms with van der Waals surface area (Å²) in [7, 11) is 0. The van der Waals surface area contributed by atoms with Crippen molar-refractivity contribution in [2.75, 3.05) is 6.54 Å². The van der Waals surface area contributed by atoms with Crippen molar-refractivity contribution in [3.63, 3.8) is 0 Å². The van der Waals surface area contributed by atoms with E-state index < -0.39 is 0 Å². The molecule has 1 fully saturated rings. The van der Waals surface area contributed by atoms with E-state index in [1.54, 1.807) is 0 Å². The Morgan fingerprint density at radius 2 is 2.08 bits per heavy atom. The Morgan fingerprint density at radius 3 is 2.67 bits per heavy atom. The second kappa shape index (κ2) is 4.86. The zero-order chi connectivity index (χ0) is 8.97. The molecule has 1 rings (SSSR count). The molecule has 1 heteroatoms. The molecule has 2 N–H and O–H groups in total. The molecule has 0 heterocycles. The summed E-state index contributed by atoms with van der Waals surface area (Å²) in [6.07, 6.45) is 7.02. The zero-order valence-electron chi connectivity index (χ0n) is 8.55. The molecule has 1 saturated carbocycles. The molecule has 2 unspecified atom stereocenters. The van der Waals surface area contributed by atoms with Crippen LogP contribution in [0.3, 0.4) is 0 Å². The van der Waals surface area contributed by atoms with Crippen LogP contribution in [-0.4, -0.2) is 6.54 Å². The van der Waals surface area contributed by atoms with Crippen LogP contribution in [0.15, 0.2) is 0 Å². The van der Waals surface area contributed by atoms with Gasteiger partial charge in [-0.1, -0.05) is 33.1 Å². The van der Waals surface area contributed by atoms with Crippen LogP contribution in [0.5, 0.6) is 0 Å². The van der Waals surface area contributed by atoms with Crippen molar-refractivity contribution in [2.45, 2.75) is 46.0 Å². The van der Waals surface area contributed by atoms with E-state index in [-0.39, 0.29) is 0 Å². The van der Waals surface area contributed by atoms with Crippen LogP contribution < -0.4 is 5.73 Å². The maximum Gasteiger partial charge on any atom is -0.00746 e. The van der Waals surface area contributed by atoms with Crippen molar-refractivity contribution in [1.82, 2.24) is 0 Å². The van der Waals surface area contributed by atoms with Gasteiger partial charge in [-0.05, 0) is 37.1 Å². The van der Waals surface area contributed by atoms with Crippen molar-refractivity contribution in [3.05, 3.63) is 0 Å². The van der Waals surface area contributed by atoms with E-state index in [4.69, 9.17) is 5.73 Å². The summed E-state index contributed by atoms with van der Waals surface area (Å²) < 4.78 is 0. The Labute approximate surface area is 76.7 Å². The number of hydrogen-bond donors (Lipinski definition) is 1. The standard InChI is InChI=1S/C11H23N/c1-9(2)11-5-3-4-10(8-11)6-7-12/h9-11H,3-8,12H2,1-2H3. The summed E-state index contributed by atoms with van der Waals surface area (Å²) in [5.41, 5.74) is 5.58. The minimum Gasteiger partial charge on any atom is -0.330 e. The molecule has 0 aromatic rings. The first kappa shape index (κ1) is 10.0. The van der Waals surface area contributed by atoms with Crippen molar-refractivity contribution in [2.24, 2.45) is 23.5 Å². The predicted octanol–water partition coefficient (Wildman–Crippen LogP) is 2.80. The van der Waals surface area contributed by atoms with E-state index in [9.17, 15) is 0 Å². The molecule has 0 aliphatic heterocycles. The quantitative estimate of drug-likeness (QED) is 0.690. The number of hydrogen-bond acceptors (Lipinski definition) is 1. The second-order valence-electron chi connectivity index (χ2n) is 4.61. The lowest BCUT2D eigenvalue weighted by Gasteiger charge is -2.31. The molecular weight excluding hydrogens is 146 g/mol. The Kier molecular flexibility index (Phi) is 4.07. The van der Waals surface area contributed by atoms with Crippen molar-refractivity contribution >= 4 is 0 Å². The molecule has 0 aromatic heterocycles. The van der Waals surface area contributed by atoms with E-state index in [0.29, 0.717) is 0 Å². The van der Waals surface area contributed by atoms with E-state index >= 15 is 0 Å². The lowest BCUT2D eigenvalue weighted by atomic mass is 9.75. The SMILES string of the molecule is CC(C)C1CCCC(CCN)C1. The molecule has 0 radical (unpaired) electrons. The molecule has 1 nitrogen and oxygen atoms in total. The first-order chi connectivity index (χ1) is 5.74. The summed E-state index contributed by atoms with van der Waals surface area (Å²) in [5.74, 6) is 2.80. The molecular formula is C11H23N. The summed E-state index contributed by atoms with van der Waals surface area (Å²) in [6, 6.07) is 0. The molecule has 12 heavy (non-hydrogen) atoms. The third-order valence-corrected chi connectivity index (χ3v) is 3.34. The van der Waals surface area contributed by atoms with Gasteiger partial charge >= 0.3 is 0 Å². The molecule has 0 bridgehead atoms. The lowest BCUT2D eigenvalue weighted by molar-refractivity contribution is 0.208. The fourth-order valence-corrected chi connectivity index (χ4v) is 2.44. The first-order valence-corrected chi connectivity index (χ1v) is 5.44. The lowest BCUT2D eigenvalue weighted by Crippen LogP contribution is -2.21. The smallest absolute Gasteiger partial charge is 0.00746 e. The minimum atomic E-state index is 0.880.